The zero-order chi connectivity index (χ0) is 6.81. The molecule has 1 aromatic heterocycles. The molecule has 1 fully saturated rings. The van der Waals surface area contributed by atoms with Gasteiger partial charge >= 0.3 is 0 Å². The quantitative estimate of drug-likeness (QED) is 0.521. The van der Waals surface area contributed by atoms with Gasteiger partial charge in [0.15, 0.2) is 6.33 Å². The maximum Gasteiger partial charge on any atom is 0.164 e. The largest absolute Gasteiger partial charge is 0.278 e. The van der Waals surface area contributed by atoms with E-state index < -0.39 is 0 Å². The van der Waals surface area contributed by atoms with Gasteiger partial charge in [0.2, 0.25) is 0 Å². The van der Waals surface area contributed by atoms with Gasteiger partial charge < -0.3 is 0 Å². The molecule has 2 heterocycles. The number of hydrogen-bond donors (Lipinski definition) is 0. The summed E-state index contributed by atoms with van der Waals surface area (Å²) in [5.74, 6) is 0. The number of rotatable bonds is 1. The SMILES string of the molecule is c1nnn(N2CCCC2)n1. The Balaban J connectivity index is 2.12. The number of nitrogens with zero attached hydrogens (tertiary/aromatic N) is 5. The molecule has 0 saturated carbocycles. The first-order valence-electron chi connectivity index (χ1n) is 3.45. The average Bonchev–Trinajstić information content (AvgIpc) is 2.59. The summed E-state index contributed by atoms with van der Waals surface area (Å²) in [6.07, 6.45) is 3.93. The molecule has 0 aromatic carbocycles. The van der Waals surface area contributed by atoms with Gasteiger partial charge in [0, 0.05) is 13.1 Å². The molecule has 2 rings (SSSR count). The van der Waals surface area contributed by atoms with Crippen LogP contribution in [0, 0.1) is 0 Å². The Labute approximate surface area is 58.6 Å². The lowest BCUT2D eigenvalue weighted by Gasteiger charge is -2.12. The van der Waals surface area contributed by atoms with E-state index in [2.05, 4.69) is 20.4 Å². The summed E-state index contributed by atoms with van der Waals surface area (Å²) in [6.45, 7) is 2.10. The summed E-state index contributed by atoms with van der Waals surface area (Å²) >= 11 is 0. The van der Waals surface area contributed by atoms with Crippen molar-refractivity contribution in [1.82, 2.24) is 20.3 Å². The minimum atomic E-state index is 1.05. The highest BCUT2D eigenvalue weighted by molar-refractivity contribution is 4.84. The van der Waals surface area contributed by atoms with Gasteiger partial charge in [-0.15, -0.1) is 10.2 Å². The van der Waals surface area contributed by atoms with Crippen LogP contribution in [0.5, 0.6) is 0 Å². The molecule has 0 unspecified atom stereocenters. The van der Waals surface area contributed by atoms with Crippen molar-refractivity contribution in [1.29, 1.82) is 0 Å². The van der Waals surface area contributed by atoms with Gasteiger partial charge in [0.1, 0.15) is 0 Å². The maximum atomic E-state index is 3.92. The van der Waals surface area contributed by atoms with Crippen molar-refractivity contribution >= 4 is 0 Å². The second-order valence-corrected chi connectivity index (χ2v) is 2.36. The van der Waals surface area contributed by atoms with E-state index >= 15 is 0 Å². The predicted molar refractivity (Wildman–Crippen MR) is 35.0 cm³/mol. The Bertz CT molecular complexity index is 188. The predicted octanol–water partition coefficient (Wildman–Crippen LogP) is -0.595. The topological polar surface area (TPSA) is 46.8 Å². The summed E-state index contributed by atoms with van der Waals surface area (Å²) < 4.78 is 0. The summed E-state index contributed by atoms with van der Waals surface area (Å²) in [7, 11) is 0. The Hall–Kier alpha value is -1.13. The number of tetrazole rings is 1. The van der Waals surface area contributed by atoms with Crippen molar-refractivity contribution in [3.05, 3.63) is 6.33 Å². The third kappa shape index (κ3) is 0.832. The van der Waals surface area contributed by atoms with Crippen LogP contribution < -0.4 is 5.01 Å². The first-order valence-corrected chi connectivity index (χ1v) is 3.45. The molecule has 0 atom stereocenters. The third-order valence-corrected chi connectivity index (χ3v) is 1.67. The molecule has 0 aliphatic carbocycles. The summed E-state index contributed by atoms with van der Waals surface area (Å²) in [4.78, 5) is 1.56. The van der Waals surface area contributed by atoms with Crippen molar-refractivity contribution in [2.24, 2.45) is 0 Å². The van der Waals surface area contributed by atoms with Crippen LogP contribution in [0.2, 0.25) is 0 Å². The highest BCUT2D eigenvalue weighted by Crippen LogP contribution is 2.03. The van der Waals surface area contributed by atoms with E-state index in [9.17, 15) is 0 Å². The van der Waals surface area contributed by atoms with Crippen LogP contribution in [0.1, 0.15) is 12.8 Å². The van der Waals surface area contributed by atoms with E-state index in [4.69, 9.17) is 0 Å². The Morgan fingerprint density at radius 3 is 2.60 bits per heavy atom. The van der Waals surface area contributed by atoms with E-state index in [-0.39, 0.29) is 0 Å². The molecule has 5 nitrogen and oxygen atoms in total. The average molecular weight is 139 g/mol. The van der Waals surface area contributed by atoms with Crippen molar-refractivity contribution in [3.8, 4) is 0 Å². The van der Waals surface area contributed by atoms with Crippen LogP contribution in [0.15, 0.2) is 6.33 Å². The number of hydrogen-bond acceptors (Lipinski definition) is 4. The lowest BCUT2D eigenvalue weighted by atomic mass is 10.4. The van der Waals surface area contributed by atoms with E-state index in [1.165, 1.54) is 19.2 Å². The second kappa shape index (κ2) is 2.24. The zero-order valence-corrected chi connectivity index (χ0v) is 5.64. The molecule has 1 aliphatic heterocycles. The molecule has 0 bridgehead atoms. The van der Waals surface area contributed by atoms with Gasteiger partial charge in [-0.2, -0.15) is 0 Å². The van der Waals surface area contributed by atoms with Crippen LogP contribution in [0.4, 0.5) is 0 Å². The standard InChI is InChI=1S/C5H9N5/c1-2-4-9(3-1)10-7-5-6-8-10/h5H,1-4H2. The smallest absolute Gasteiger partial charge is 0.164 e. The fraction of sp³-hybridized carbons (Fsp3) is 0.800. The van der Waals surface area contributed by atoms with E-state index in [0.717, 1.165) is 13.1 Å². The van der Waals surface area contributed by atoms with Crippen LogP contribution in [-0.4, -0.2) is 33.4 Å². The number of aromatic nitrogens is 4. The molecule has 0 amide bonds. The third-order valence-electron chi connectivity index (χ3n) is 1.67. The highest BCUT2D eigenvalue weighted by atomic mass is 15.8. The Kier molecular flexibility index (Phi) is 1.26. The lowest BCUT2D eigenvalue weighted by molar-refractivity contribution is 0.504. The second-order valence-electron chi connectivity index (χ2n) is 2.36. The van der Waals surface area contributed by atoms with Gasteiger partial charge in [-0.05, 0) is 18.1 Å². The first-order chi connectivity index (χ1) is 4.97. The molecule has 1 aromatic rings. The molecule has 0 N–H and O–H groups in total. The van der Waals surface area contributed by atoms with Gasteiger partial charge in [-0.3, -0.25) is 5.01 Å². The van der Waals surface area contributed by atoms with Crippen molar-refractivity contribution < 1.29 is 0 Å². The molecule has 5 heteroatoms. The fourth-order valence-electron chi connectivity index (χ4n) is 1.17. The monoisotopic (exact) mass is 139 g/mol. The van der Waals surface area contributed by atoms with Crippen molar-refractivity contribution in [3.63, 3.8) is 0 Å². The maximum absolute atomic E-state index is 3.92. The molecule has 0 radical (unpaired) electrons. The van der Waals surface area contributed by atoms with Gasteiger partial charge in [0.25, 0.3) is 0 Å². The summed E-state index contributed by atoms with van der Waals surface area (Å²) in [6, 6.07) is 0. The molecular weight excluding hydrogens is 130 g/mol. The Morgan fingerprint density at radius 2 is 2.00 bits per heavy atom. The summed E-state index contributed by atoms with van der Waals surface area (Å²) in [5, 5.41) is 13.4. The molecule has 0 spiro atoms. The molecule has 1 saturated heterocycles. The zero-order valence-electron chi connectivity index (χ0n) is 5.64. The minimum Gasteiger partial charge on any atom is -0.278 e. The Morgan fingerprint density at radius 1 is 1.20 bits per heavy atom. The van der Waals surface area contributed by atoms with E-state index in [0.29, 0.717) is 0 Å². The van der Waals surface area contributed by atoms with E-state index in [1.807, 2.05) is 0 Å². The van der Waals surface area contributed by atoms with Crippen LogP contribution >= 0.6 is 0 Å². The van der Waals surface area contributed by atoms with Gasteiger partial charge in [-0.25, -0.2) is 0 Å². The van der Waals surface area contributed by atoms with Gasteiger partial charge in [-0.1, -0.05) is 4.91 Å². The van der Waals surface area contributed by atoms with Gasteiger partial charge in [0.05, 0.1) is 0 Å². The fourth-order valence-corrected chi connectivity index (χ4v) is 1.17. The molecule has 10 heavy (non-hydrogen) atoms. The van der Waals surface area contributed by atoms with Crippen molar-refractivity contribution in [2.75, 3.05) is 18.1 Å². The van der Waals surface area contributed by atoms with Crippen LogP contribution in [0.25, 0.3) is 0 Å². The highest BCUT2D eigenvalue weighted by Gasteiger charge is 2.12. The molecular formula is C5H9N5. The summed E-state index contributed by atoms with van der Waals surface area (Å²) in [5.41, 5.74) is 0. The van der Waals surface area contributed by atoms with E-state index in [1.54, 1.807) is 4.91 Å². The molecule has 54 valence electrons. The van der Waals surface area contributed by atoms with Crippen molar-refractivity contribution in [2.45, 2.75) is 12.8 Å². The first kappa shape index (κ1) is 5.64. The van der Waals surface area contributed by atoms with Crippen LogP contribution in [-0.2, 0) is 0 Å². The van der Waals surface area contributed by atoms with Crippen LogP contribution in [0.3, 0.4) is 0 Å². The lowest BCUT2D eigenvalue weighted by Crippen LogP contribution is -2.33. The molecule has 1 aliphatic rings. The normalized spacial score (nSPS) is 18.2. The minimum absolute atomic E-state index is 1.05.